The van der Waals surface area contributed by atoms with Gasteiger partial charge in [0.2, 0.25) is 0 Å². The fraction of sp³-hybridized carbons (Fsp3) is 0.636. The second-order valence-corrected chi connectivity index (χ2v) is 5.22. The number of hydrogen-bond acceptors (Lipinski definition) is 6. The molecule has 1 saturated carbocycles. The number of nitrogen functional groups attached to an aromatic ring is 1. The summed E-state index contributed by atoms with van der Waals surface area (Å²) >= 11 is 1.18. The molecule has 6 nitrogen and oxygen atoms in total. The van der Waals surface area contributed by atoms with E-state index in [1.165, 1.54) is 24.4 Å². The van der Waals surface area contributed by atoms with Crippen LogP contribution >= 0.6 is 11.5 Å². The topological polar surface area (TPSA) is 105 Å². The Balaban J connectivity index is 2.32. The van der Waals surface area contributed by atoms with Crippen LogP contribution in [0.2, 0.25) is 0 Å². The van der Waals surface area contributed by atoms with E-state index in [4.69, 9.17) is 11.5 Å². The Morgan fingerprint density at radius 2 is 2.17 bits per heavy atom. The summed E-state index contributed by atoms with van der Waals surface area (Å²) in [6, 6.07) is 0.343. The highest BCUT2D eigenvalue weighted by Crippen LogP contribution is 2.35. The smallest absolute Gasteiger partial charge is 0.255 e. The van der Waals surface area contributed by atoms with E-state index in [1.54, 1.807) is 0 Å². The Morgan fingerprint density at radius 1 is 1.50 bits per heavy atom. The van der Waals surface area contributed by atoms with Crippen LogP contribution in [0.5, 0.6) is 0 Å². The van der Waals surface area contributed by atoms with E-state index < -0.39 is 5.91 Å². The van der Waals surface area contributed by atoms with E-state index >= 15 is 0 Å². The molecular formula is C11H18N4O2S. The molecule has 1 heterocycles. The molecule has 0 bridgehead atoms. The predicted molar refractivity (Wildman–Crippen MR) is 71.7 cm³/mol. The standard InChI is InChI=1S/C11H18N4O2S/c12-9-8(10(13)17)11(18-14-9)15(5-6-16)7-3-1-2-4-7/h7,16H,1-6H2,(H2,12,14)(H2,13,17). The van der Waals surface area contributed by atoms with Gasteiger partial charge in [0.05, 0.1) is 6.61 Å². The van der Waals surface area contributed by atoms with Crippen LogP contribution in [0.4, 0.5) is 10.8 Å². The summed E-state index contributed by atoms with van der Waals surface area (Å²) < 4.78 is 4.01. The highest BCUT2D eigenvalue weighted by molar-refractivity contribution is 7.11. The number of aliphatic hydroxyl groups excluding tert-OH is 1. The SMILES string of the molecule is NC(=O)c1c(N)nsc1N(CCO)C1CCCC1. The molecular weight excluding hydrogens is 252 g/mol. The summed E-state index contributed by atoms with van der Waals surface area (Å²) in [4.78, 5) is 13.5. The summed E-state index contributed by atoms with van der Waals surface area (Å²) in [6.45, 7) is 0.513. The first kappa shape index (κ1) is 13.1. The zero-order chi connectivity index (χ0) is 13.1. The van der Waals surface area contributed by atoms with Gasteiger partial charge in [0.15, 0.2) is 5.82 Å². The van der Waals surface area contributed by atoms with E-state index in [0.29, 0.717) is 23.2 Å². The lowest BCUT2D eigenvalue weighted by Gasteiger charge is -2.29. The molecule has 1 amide bonds. The van der Waals surface area contributed by atoms with Crippen LogP contribution in [0.3, 0.4) is 0 Å². The molecule has 1 aliphatic carbocycles. The normalized spacial score (nSPS) is 16.1. The Kier molecular flexibility index (Phi) is 4.03. The lowest BCUT2D eigenvalue weighted by molar-refractivity contribution is 0.100. The van der Waals surface area contributed by atoms with E-state index in [-0.39, 0.29) is 12.4 Å². The first-order chi connectivity index (χ1) is 8.65. The molecule has 100 valence electrons. The van der Waals surface area contributed by atoms with Gasteiger partial charge in [-0.1, -0.05) is 12.8 Å². The van der Waals surface area contributed by atoms with Crippen molar-refractivity contribution in [2.75, 3.05) is 23.8 Å². The summed E-state index contributed by atoms with van der Waals surface area (Å²) in [5, 5.41) is 9.89. The lowest BCUT2D eigenvalue weighted by Crippen LogP contribution is -2.36. The number of nitrogens with zero attached hydrogens (tertiary/aromatic N) is 2. The van der Waals surface area contributed by atoms with Crippen LogP contribution < -0.4 is 16.4 Å². The Labute approximate surface area is 110 Å². The fourth-order valence-corrected chi connectivity index (χ4v) is 3.41. The van der Waals surface area contributed by atoms with Crippen molar-refractivity contribution in [1.29, 1.82) is 0 Å². The highest BCUT2D eigenvalue weighted by atomic mass is 32.1. The van der Waals surface area contributed by atoms with Crippen molar-refractivity contribution >= 4 is 28.3 Å². The van der Waals surface area contributed by atoms with Crippen molar-refractivity contribution < 1.29 is 9.90 Å². The Hall–Kier alpha value is -1.34. The maximum Gasteiger partial charge on any atom is 0.255 e. The number of aromatic nitrogens is 1. The summed E-state index contributed by atoms with van der Waals surface area (Å²) in [6.07, 6.45) is 4.48. The van der Waals surface area contributed by atoms with Gasteiger partial charge in [-0.15, -0.1) is 0 Å². The largest absolute Gasteiger partial charge is 0.395 e. The highest BCUT2D eigenvalue weighted by Gasteiger charge is 2.28. The van der Waals surface area contributed by atoms with Crippen LogP contribution in [0.15, 0.2) is 0 Å². The van der Waals surface area contributed by atoms with Crippen molar-refractivity contribution in [1.82, 2.24) is 4.37 Å². The number of nitrogens with two attached hydrogens (primary N) is 2. The molecule has 0 spiro atoms. The molecule has 18 heavy (non-hydrogen) atoms. The molecule has 5 N–H and O–H groups in total. The molecule has 7 heteroatoms. The molecule has 1 aromatic rings. The minimum absolute atomic E-state index is 0.0342. The van der Waals surface area contributed by atoms with Crippen molar-refractivity contribution in [3.8, 4) is 0 Å². The molecule has 0 aromatic carbocycles. The number of anilines is 2. The Bertz CT molecular complexity index is 429. The number of hydrogen-bond donors (Lipinski definition) is 3. The molecule has 0 radical (unpaired) electrons. The van der Waals surface area contributed by atoms with E-state index in [0.717, 1.165) is 12.8 Å². The molecule has 1 aliphatic rings. The first-order valence-electron chi connectivity index (χ1n) is 6.07. The minimum Gasteiger partial charge on any atom is -0.395 e. The quantitative estimate of drug-likeness (QED) is 0.725. The van der Waals surface area contributed by atoms with E-state index in [1.807, 2.05) is 4.90 Å². The van der Waals surface area contributed by atoms with Gasteiger partial charge in [-0.3, -0.25) is 4.79 Å². The van der Waals surface area contributed by atoms with Gasteiger partial charge < -0.3 is 21.5 Å². The molecule has 2 rings (SSSR count). The minimum atomic E-state index is -0.558. The van der Waals surface area contributed by atoms with Gasteiger partial charge in [-0.25, -0.2) is 0 Å². The number of rotatable bonds is 5. The molecule has 0 saturated heterocycles. The number of primary amides is 1. The van der Waals surface area contributed by atoms with Crippen molar-refractivity contribution in [2.24, 2.45) is 5.73 Å². The number of carbonyl (C=O) groups excluding carboxylic acids is 1. The average Bonchev–Trinajstić information content (AvgIpc) is 2.94. The van der Waals surface area contributed by atoms with Gasteiger partial charge in [0.25, 0.3) is 5.91 Å². The molecule has 1 fully saturated rings. The van der Waals surface area contributed by atoms with Crippen molar-refractivity contribution in [2.45, 2.75) is 31.7 Å². The lowest BCUT2D eigenvalue weighted by atomic mass is 10.2. The van der Waals surface area contributed by atoms with Gasteiger partial charge in [-0.05, 0) is 24.4 Å². The Morgan fingerprint density at radius 3 is 2.72 bits per heavy atom. The van der Waals surface area contributed by atoms with Crippen LogP contribution in [0.25, 0.3) is 0 Å². The zero-order valence-electron chi connectivity index (χ0n) is 10.1. The molecule has 0 unspecified atom stereocenters. The predicted octanol–water partition coefficient (Wildman–Crippen LogP) is 0.565. The van der Waals surface area contributed by atoms with Crippen LogP contribution in [-0.2, 0) is 0 Å². The zero-order valence-corrected chi connectivity index (χ0v) is 10.9. The van der Waals surface area contributed by atoms with Crippen LogP contribution in [0.1, 0.15) is 36.0 Å². The average molecular weight is 270 g/mol. The molecule has 0 atom stereocenters. The van der Waals surface area contributed by atoms with Gasteiger partial charge in [0.1, 0.15) is 10.6 Å². The summed E-state index contributed by atoms with van der Waals surface area (Å²) in [5.74, 6) is -0.374. The molecule has 0 aliphatic heterocycles. The third-order valence-electron chi connectivity index (χ3n) is 3.31. The number of amides is 1. The fourth-order valence-electron chi connectivity index (χ4n) is 2.49. The second-order valence-electron chi connectivity index (χ2n) is 4.47. The van der Waals surface area contributed by atoms with Gasteiger partial charge in [-0.2, -0.15) is 4.37 Å². The van der Waals surface area contributed by atoms with Crippen molar-refractivity contribution in [3.63, 3.8) is 0 Å². The monoisotopic (exact) mass is 270 g/mol. The summed E-state index contributed by atoms with van der Waals surface area (Å²) in [7, 11) is 0. The van der Waals surface area contributed by atoms with Crippen LogP contribution in [0, 0.1) is 0 Å². The van der Waals surface area contributed by atoms with Crippen molar-refractivity contribution in [3.05, 3.63) is 5.56 Å². The number of aliphatic hydroxyl groups is 1. The van der Waals surface area contributed by atoms with E-state index in [2.05, 4.69) is 4.37 Å². The third-order valence-corrected chi connectivity index (χ3v) is 4.21. The first-order valence-corrected chi connectivity index (χ1v) is 6.85. The summed E-state index contributed by atoms with van der Waals surface area (Å²) in [5.41, 5.74) is 11.3. The van der Waals surface area contributed by atoms with Gasteiger partial charge >= 0.3 is 0 Å². The van der Waals surface area contributed by atoms with Gasteiger partial charge in [0, 0.05) is 12.6 Å². The molecule has 1 aromatic heterocycles. The second kappa shape index (κ2) is 5.53. The van der Waals surface area contributed by atoms with E-state index in [9.17, 15) is 9.90 Å². The maximum atomic E-state index is 11.4. The van der Waals surface area contributed by atoms with Crippen LogP contribution in [-0.4, -0.2) is 34.6 Å². The number of carbonyl (C=O) groups is 1. The third kappa shape index (κ3) is 2.41. The maximum absolute atomic E-state index is 11.4.